The molecule has 12 heteroatoms. The number of anilines is 2. The molecular weight excluding hydrogens is 710 g/mol. The third-order valence-corrected chi connectivity index (χ3v) is 13.1. The third-order valence-electron chi connectivity index (χ3n) is 9.81. The Morgan fingerprint density at radius 1 is 1.02 bits per heavy atom. The summed E-state index contributed by atoms with van der Waals surface area (Å²) in [6.45, 7) is 1.78. The van der Waals surface area contributed by atoms with Gasteiger partial charge in [0, 0.05) is 36.8 Å². The van der Waals surface area contributed by atoms with Crippen LogP contribution in [0.3, 0.4) is 0 Å². The van der Waals surface area contributed by atoms with E-state index >= 15 is 0 Å². The molecule has 2 bridgehead atoms. The molecule has 1 aromatic heterocycles. The van der Waals surface area contributed by atoms with Crippen LogP contribution in [0.5, 0.6) is 5.75 Å². The minimum atomic E-state index is -0.438. The van der Waals surface area contributed by atoms with E-state index in [0.29, 0.717) is 22.1 Å². The molecule has 4 aromatic rings. The zero-order valence-electron chi connectivity index (χ0n) is 24.4. The Morgan fingerprint density at radius 3 is 2.48 bits per heavy atom. The summed E-state index contributed by atoms with van der Waals surface area (Å²) in [5.41, 5.74) is 3.16. The number of carbonyl (C=O) groups excluding carboxylic acids is 3. The number of nitrogens with one attached hydrogen (secondary N) is 2. The van der Waals surface area contributed by atoms with Gasteiger partial charge in [-0.3, -0.25) is 24.1 Å². The molecule has 2 N–H and O–H groups in total. The molecule has 4 aliphatic rings. The maximum atomic E-state index is 14.0. The highest BCUT2D eigenvalue weighted by Gasteiger charge is 2.69. The number of H-pyrrole nitrogens is 1. The molecule has 2 aliphatic carbocycles. The quantitative estimate of drug-likeness (QED) is 0.210. The van der Waals surface area contributed by atoms with Gasteiger partial charge in [0.1, 0.15) is 5.75 Å². The summed E-state index contributed by atoms with van der Waals surface area (Å²) in [5.74, 6) is -1.28. The van der Waals surface area contributed by atoms with E-state index in [9.17, 15) is 19.2 Å². The minimum absolute atomic E-state index is 0.0184. The topological polar surface area (TPSA) is 109 Å². The second-order valence-electron chi connectivity index (χ2n) is 12.3. The molecule has 7 atom stereocenters. The fraction of sp³-hybridized carbons (Fsp3) is 0.294. The highest BCUT2D eigenvalue weighted by molar-refractivity contribution is 9.10. The maximum Gasteiger partial charge on any atom is 0.305 e. The predicted octanol–water partition coefficient (Wildman–Crippen LogP) is 6.86. The normalized spacial score (nSPS) is 27.4. The zero-order valence-corrected chi connectivity index (χ0v) is 28.3. The summed E-state index contributed by atoms with van der Waals surface area (Å²) >= 11 is 12.5. The molecule has 8 rings (SSSR count). The van der Waals surface area contributed by atoms with Crippen molar-refractivity contribution in [3.63, 3.8) is 0 Å². The molecule has 2 aliphatic heterocycles. The van der Waals surface area contributed by atoms with Gasteiger partial charge < -0.3 is 15.0 Å². The van der Waals surface area contributed by atoms with E-state index in [0.717, 1.165) is 31.9 Å². The number of hydrogen-bond acceptors (Lipinski definition) is 7. The van der Waals surface area contributed by atoms with Crippen LogP contribution in [0.1, 0.15) is 28.3 Å². The first kappa shape index (κ1) is 30.0. The second-order valence-corrected chi connectivity index (χ2v) is 15.9. The number of aromatic nitrogens is 1. The molecule has 3 fully saturated rings. The average molecular weight is 737 g/mol. The third kappa shape index (κ3) is 4.85. The van der Waals surface area contributed by atoms with Crippen LogP contribution in [0.4, 0.5) is 11.4 Å². The van der Waals surface area contributed by atoms with Crippen LogP contribution in [0.15, 0.2) is 81.0 Å². The number of thioether (sulfide) groups is 1. The Balaban J connectivity index is 1.14. The first-order valence-corrected chi connectivity index (χ1v) is 17.9. The van der Waals surface area contributed by atoms with Crippen LogP contribution >= 0.6 is 50.6 Å². The van der Waals surface area contributed by atoms with Gasteiger partial charge in [-0.05, 0) is 85.7 Å². The van der Waals surface area contributed by atoms with Crippen molar-refractivity contribution in [1.29, 1.82) is 0 Å². The summed E-state index contributed by atoms with van der Waals surface area (Å²) in [6.07, 6.45) is 0.766. The van der Waals surface area contributed by atoms with Gasteiger partial charge in [-0.15, -0.1) is 11.8 Å². The maximum absolute atomic E-state index is 14.0. The summed E-state index contributed by atoms with van der Waals surface area (Å²) in [4.78, 5) is 58.7. The number of rotatable bonds is 6. The molecule has 6 unspecified atom stereocenters. The first-order valence-electron chi connectivity index (χ1n) is 15.0. The van der Waals surface area contributed by atoms with Crippen molar-refractivity contribution < 1.29 is 19.1 Å². The lowest BCUT2D eigenvalue weighted by molar-refractivity contribution is -0.123. The molecule has 1 saturated heterocycles. The van der Waals surface area contributed by atoms with Gasteiger partial charge >= 0.3 is 4.87 Å². The number of thiazole rings is 1. The number of halogens is 2. The van der Waals surface area contributed by atoms with Gasteiger partial charge in [-0.1, -0.05) is 56.6 Å². The fourth-order valence-electron chi connectivity index (χ4n) is 8.08. The SMILES string of the molecule is Cc1ccc(NC(=O)COc2ccc(Br)cc2[C@H]2c3sc(=O)[nH]c3SC3C4CC(C5C(=O)N(c6ccc(Cl)cc6)C(=O)C45)C32)cc1. The second kappa shape index (κ2) is 11.4. The number of amides is 3. The fourth-order valence-corrected chi connectivity index (χ4v) is 11.5. The largest absolute Gasteiger partial charge is 0.483 e. The summed E-state index contributed by atoms with van der Waals surface area (Å²) in [6, 6.07) is 20.1. The molecule has 234 valence electrons. The van der Waals surface area contributed by atoms with Gasteiger partial charge in [-0.25, -0.2) is 0 Å². The number of ether oxygens (including phenoxy) is 1. The number of nitrogens with zero attached hydrogens (tertiary/aromatic N) is 1. The Hall–Kier alpha value is -3.38. The first-order chi connectivity index (χ1) is 22.2. The number of aryl methyl sites for hydroxylation is 1. The number of hydrogen-bond donors (Lipinski definition) is 2. The molecule has 2 saturated carbocycles. The Labute approximate surface area is 286 Å². The molecule has 0 radical (unpaired) electrons. The van der Waals surface area contributed by atoms with Crippen molar-refractivity contribution in [2.45, 2.75) is 29.5 Å². The minimum Gasteiger partial charge on any atom is -0.483 e. The number of imide groups is 1. The summed E-state index contributed by atoms with van der Waals surface area (Å²) < 4.78 is 7.03. The van der Waals surface area contributed by atoms with Crippen molar-refractivity contribution in [3.8, 4) is 5.75 Å². The van der Waals surface area contributed by atoms with Crippen LogP contribution < -0.4 is 19.8 Å². The monoisotopic (exact) mass is 735 g/mol. The van der Waals surface area contributed by atoms with Crippen LogP contribution in [0.25, 0.3) is 0 Å². The molecule has 3 aromatic carbocycles. The predicted molar refractivity (Wildman–Crippen MR) is 182 cm³/mol. The van der Waals surface area contributed by atoms with E-state index in [1.165, 1.54) is 16.2 Å². The number of benzene rings is 3. The van der Waals surface area contributed by atoms with Crippen LogP contribution in [-0.4, -0.2) is 34.6 Å². The Bertz CT molecular complexity index is 1960. The van der Waals surface area contributed by atoms with Gasteiger partial charge in [0.2, 0.25) is 11.8 Å². The Kier molecular flexibility index (Phi) is 7.43. The van der Waals surface area contributed by atoms with Gasteiger partial charge in [0.25, 0.3) is 5.91 Å². The lowest BCUT2D eigenvalue weighted by Gasteiger charge is -2.43. The number of aromatic amines is 1. The highest BCUT2D eigenvalue weighted by Crippen LogP contribution is 2.69. The van der Waals surface area contributed by atoms with Gasteiger partial charge in [0.15, 0.2) is 6.61 Å². The van der Waals surface area contributed by atoms with Crippen molar-refractivity contribution in [2.75, 3.05) is 16.8 Å². The van der Waals surface area contributed by atoms with Gasteiger partial charge in [-0.2, -0.15) is 0 Å². The van der Waals surface area contributed by atoms with E-state index < -0.39 is 11.8 Å². The van der Waals surface area contributed by atoms with E-state index in [-0.39, 0.29) is 58.1 Å². The lowest BCUT2D eigenvalue weighted by atomic mass is 9.68. The van der Waals surface area contributed by atoms with Crippen molar-refractivity contribution in [2.24, 2.45) is 29.6 Å². The number of fused-ring (bicyclic) bond motifs is 9. The zero-order chi connectivity index (χ0) is 31.9. The van der Waals surface area contributed by atoms with Crippen LogP contribution in [0, 0.1) is 36.5 Å². The highest BCUT2D eigenvalue weighted by atomic mass is 79.9. The molecule has 3 heterocycles. The van der Waals surface area contributed by atoms with Gasteiger partial charge in [0.05, 0.1) is 22.5 Å². The molecule has 0 spiro atoms. The molecule has 46 heavy (non-hydrogen) atoms. The van der Waals surface area contributed by atoms with Crippen molar-refractivity contribution >= 4 is 79.7 Å². The standard InChI is InChI=1S/C34H27BrClN3O5S2/c1-15-2-7-18(8-3-15)37-24(40)14-44-23-11-4-16(35)12-20(23)25-26-21-13-22(29(26)45-31-30(25)46-34(43)38-31)28-27(21)32(41)39(33(28)42)19-9-5-17(36)6-10-19/h2-12,21-22,25-29H,13-14H2,1H3,(H,37,40)(H,38,43)/t21?,22?,25-,26?,27?,28?,29?/m1/s1. The molecule has 8 nitrogen and oxygen atoms in total. The summed E-state index contributed by atoms with van der Waals surface area (Å²) in [5, 5.41) is 4.24. The Morgan fingerprint density at radius 2 is 1.74 bits per heavy atom. The smallest absolute Gasteiger partial charge is 0.305 e. The molecular formula is C34H27BrClN3O5S2. The average Bonchev–Trinajstić information content (AvgIpc) is 3.77. The van der Waals surface area contributed by atoms with Crippen molar-refractivity contribution in [1.82, 2.24) is 4.98 Å². The van der Waals surface area contributed by atoms with E-state index in [1.807, 2.05) is 49.4 Å². The van der Waals surface area contributed by atoms with Crippen molar-refractivity contribution in [3.05, 3.63) is 102 Å². The summed E-state index contributed by atoms with van der Waals surface area (Å²) in [7, 11) is 0. The van der Waals surface area contributed by atoms with E-state index in [4.69, 9.17) is 16.3 Å². The molecule has 3 amide bonds. The van der Waals surface area contributed by atoms with E-state index in [1.54, 1.807) is 36.0 Å². The number of carbonyl (C=O) groups is 3. The van der Waals surface area contributed by atoms with Crippen LogP contribution in [0.2, 0.25) is 5.02 Å². The van der Waals surface area contributed by atoms with Crippen LogP contribution in [-0.2, 0) is 14.4 Å². The van der Waals surface area contributed by atoms with E-state index in [2.05, 4.69) is 26.2 Å². The lowest BCUT2D eigenvalue weighted by Crippen LogP contribution is -2.42.